The minimum absolute atomic E-state index is 0.0699. The summed E-state index contributed by atoms with van der Waals surface area (Å²) >= 11 is 0. The number of hydrogen-bond acceptors (Lipinski definition) is 2. The zero-order valence-electron chi connectivity index (χ0n) is 14.0. The van der Waals surface area contributed by atoms with Gasteiger partial charge in [-0.3, -0.25) is 4.79 Å². The number of allylic oxidation sites excluding steroid dienone is 2. The highest BCUT2D eigenvalue weighted by atomic mass is 28.4. The van der Waals surface area contributed by atoms with E-state index in [1.807, 2.05) is 0 Å². The maximum Gasteiger partial charge on any atom is 0.298 e. The molecule has 0 saturated heterocycles. The van der Waals surface area contributed by atoms with Crippen LogP contribution in [0.2, 0.25) is 19.6 Å². The molecule has 20 heavy (non-hydrogen) atoms. The molecular formula is C17H30O2Si. The van der Waals surface area contributed by atoms with E-state index in [9.17, 15) is 4.79 Å². The van der Waals surface area contributed by atoms with Gasteiger partial charge in [0.2, 0.25) is 8.32 Å². The predicted octanol–water partition coefficient (Wildman–Crippen LogP) is 4.92. The van der Waals surface area contributed by atoms with E-state index in [0.717, 1.165) is 25.7 Å². The summed E-state index contributed by atoms with van der Waals surface area (Å²) in [7, 11) is -1.81. The second kappa shape index (κ2) is 5.01. The third kappa shape index (κ3) is 2.88. The molecule has 3 atom stereocenters. The van der Waals surface area contributed by atoms with Crippen molar-refractivity contribution >= 4 is 14.3 Å². The van der Waals surface area contributed by atoms with Crippen molar-refractivity contribution in [1.29, 1.82) is 0 Å². The molecule has 0 aromatic carbocycles. The van der Waals surface area contributed by atoms with E-state index in [2.05, 4.69) is 46.5 Å². The predicted molar refractivity (Wildman–Crippen MR) is 86.0 cm³/mol. The Morgan fingerprint density at radius 2 is 1.95 bits per heavy atom. The van der Waals surface area contributed by atoms with E-state index in [0.29, 0.717) is 5.92 Å². The summed E-state index contributed by atoms with van der Waals surface area (Å²) in [6, 6.07) is 0. The molecular weight excluding hydrogens is 264 g/mol. The van der Waals surface area contributed by atoms with Crippen molar-refractivity contribution in [2.45, 2.75) is 72.5 Å². The maximum absolute atomic E-state index is 12.8. The average molecular weight is 295 g/mol. The van der Waals surface area contributed by atoms with Crippen molar-refractivity contribution in [1.82, 2.24) is 0 Å². The SMILES string of the molecule is CC1=CC2(C)CCCC(C)(C(=O)O[Si](C)(C)C)C2CC1. The maximum atomic E-state index is 12.8. The lowest BCUT2D eigenvalue weighted by atomic mass is 9.52. The molecule has 0 amide bonds. The summed E-state index contributed by atoms with van der Waals surface area (Å²) < 4.78 is 5.88. The van der Waals surface area contributed by atoms with E-state index in [1.54, 1.807) is 0 Å². The lowest BCUT2D eigenvalue weighted by molar-refractivity contribution is -0.156. The number of rotatable bonds is 2. The second-order valence-electron chi connectivity index (χ2n) is 8.36. The molecule has 0 N–H and O–H groups in total. The highest BCUT2D eigenvalue weighted by Gasteiger charge is 2.53. The smallest absolute Gasteiger partial charge is 0.298 e. The fourth-order valence-corrected chi connectivity index (χ4v) is 5.17. The zero-order valence-corrected chi connectivity index (χ0v) is 15.0. The Morgan fingerprint density at radius 1 is 1.30 bits per heavy atom. The lowest BCUT2D eigenvalue weighted by Crippen LogP contribution is -2.51. The molecule has 0 aromatic heterocycles. The Labute approximate surface area is 125 Å². The van der Waals surface area contributed by atoms with Crippen LogP contribution >= 0.6 is 0 Å². The third-order valence-electron chi connectivity index (χ3n) is 5.25. The molecule has 2 rings (SSSR count). The Balaban J connectivity index is 2.29. The van der Waals surface area contributed by atoms with Crippen LogP contribution in [0, 0.1) is 16.7 Å². The fourth-order valence-electron chi connectivity index (χ4n) is 4.38. The molecule has 0 aromatic rings. The van der Waals surface area contributed by atoms with E-state index >= 15 is 0 Å². The molecule has 1 saturated carbocycles. The van der Waals surface area contributed by atoms with Crippen LogP contribution in [0.15, 0.2) is 11.6 Å². The highest BCUT2D eigenvalue weighted by molar-refractivity contribution is 6.71. The average Bonchev–Trinajstić information content (AvgIpc) is 2.25. The first-order valence-corrected chi connectivity index (χ1v) is 11.4. The summed E-state index contributed by atoms with van der Waals surface area (Å²) in [5.41, 5.74) is 1.39. The van der Waals surface area contributed by atoms with Gasteiger partial charge >= 0.3 is 0 Å². The van der Waals surface area contributed by atoms with E-state index in [-0.39, 0.29) is 16.8 Å². The molecule has 0 aliphatic heterocycles. The van der Waals surface area contributed by atoms with E-state index < -0.39 is 8.32 Å². The third-order valence-corrected chi connectivity index (χ3v) is 6.04. The van der Waals surface area contributed by atoms with Crippen molar-refractivity contribution in [2.24, 2.45) is 16.7 Å². The molecule has 2 aliphatic rings. The lowest BCUT2D eigenvalue weighted by Gasteiger charge is -2.52. The monoisotopic (exact) mass is 294 g/mol. The van der Waals surface area contributed by atoms with Crippen LogP contribution in [-0.4, -0.2) is 14.3 Å². The summed E-state index contributed by atoms with van der Waals surface area (Å²) in [4.78, 5) is 12.8. The zero-order chi connectivity index (χ0) is 15.2. The van der Waals surface area contributed by atoms with E-state index in [4.69, 9.17) is 4.43 Å². The topological polar surface area (TPSA) is 26.3 Å². The van der Waals surface area contributed by atoms with Gasteiger partial charge < -0.3 is 4.43 Å². The first-order chi connectivity index (χ1) is 9.07. The number of carbonyl (C=O) groups excluding carboxylic acids is 1. The van der Waals surface area contributed by atoms with Gasteiger partial charge in [0.1, 0.15) is 0 Å². The second-order valence-corrected chi connectivity index (χ2v) is 12.8. The summed E-state index contributed by atoms with van der Waals surface area (Å²) in [5, 5.41) is 0. The fraction of sp³-hybridized carbons (Fsp3) is 0.824. The molecule has 2 nitrogen and oxygen atoms in total. The molecule has 114 valence electrons. The molecule has 0 bridgehead atoms. The number of carbonyl (C=O) groups is 1. The first-order valence-electron chi connectivity index (χ1n) is 7.99. The molecule has 1 fully saturated rings. The standard InChI is InChI=1S/C17H30O2Si/c1-13-8-9-14-16(2,12-13)10-7-11-17(14,3)15(18)19-20(4,5)6/h12,14H,7-11H2,1-6H3. The van der Waals surface area contributed by atoms with Gasteiger partial charge in [-0.2, -0.15) is 0 Å². The Hall–Kier alpha value is -0.573. The van der Waals surface area contributed by atoms with Gasteiger partial charge in [0, 0.05) is 0 Å². The van der Waals surface area contributed by atoms with Crippen molar-refractivity contribution in [2.75, 3.05) is 0 Å². The summed E-state index contributed by atoms with van der Waals surface area (Å²) in [6.07, 6.45) is 8.05. The summed E-state index contributed by atoms with van der Waals surface area (Å²) in [5.74, 6) is 0.511. The first kappa shape index (κ1) is 15.8. The van der Waals surface area contributed by atoms with Crippen LogP contribution in [0.25, 0.3) is 0 Å². The van der Waals surface area contributed by atoms with Gasteiger partial charge in [0.25, 0.3) is 5.97 Å². The summed E-state index contributed by atoms with van der Waals surface area (Å²) in [6.45, 7) is 13.0. The van der Waals surface area contributed by atoms with Crippen LogP contribution in [0.3, 0.4) is 0 Å². The van der Waals surface area contributed by atoms with Gasteiger partial charge in [0.05, 0.1) is 5.41 Å². The Bertz CT molecular complexity index is 435. The van der Waals surface area contributed by atoms with Crippen molar-refractivity contribution < 1.29 is 9.22 Å². The molecule has 2 aliphatic carbocycles. The number of fused-ring (bicyclic) bond motifs is 1. The molecule has 0 radical (unpaired) electrons. The van der Waals surface area contributed by atoms with Gasteiger partial charge in [-0.1, -0.05) is 25.0 Å². The van der Waals surface area contributed by atoms with Gasteiger partial charge in [-0.25, -0.2) is 0 Å². The quantitative estimate of drug-likeness (QED) is 0.534. The Morgan fingerprint density at radius 3 is 2.55 bits per heavy atom. The van der Waals surface area contributed by atoms with Crippen molar-refractivity contribution in [3.63, 3.8) is 0 Å². The van der Waals surface area contributed by atoms with Crippen molar-refractivity contribution in [3.8, 4) is 0 Å². The van der Waals surface area contributed by atoms with Gasteiger partial charge in [-0.05, 0) is 70.5 Å². The van der Waals surface area contributed by atoms with E-state index in [1.165, 1.54) is 12.0 Å². The van der Waals surface area contributed by atoms with Crippen LogP contribution in [-0.2, 0) is 9.22 Å². The number of hydrogen-bond donors (Lipinski definition) is 0. The van der Waals surface area contributed by atoms with Crippen LogP contribution < -0.4 is 0 Å². The molecule has 0 heterocycles. The molecule has 3 heteroatoms. The minimum atomic E-state index is -1.81. The van der Waals surface area contributed by atoms with Crippen molar-refractivity contribution in [3.05, 3.63) is 11.6 Å². The van der Waals surface area contributed by atoms with Gasteiger partial charge in [0.15, 0.2) is 0 Å². The van der Waals surface area contributed by atoms with Gasteiger partial charge in [-0.15, -0.1) is 0 Å². The normalized spacial score (nSPS) is 37.9. The minimum Gasteiger partial charge on any atom is -0.519 e. The molecule has 0 spiro atoms. The van der Waals surface area contributed by atoms with Crippen LogP contribution in [0.1, 0.15) is 52.9 Å². The van der Waals surface area contributed by atoms with Crippen LogP contribution in [0.5, 0.6) is 0 Å². The van der Waals surface area contributed by atoms with Crippen LogP contribution in [0.4, 0.5) is 0 Å². The Kier molecular flexibility index (Phi) is 3.96. The molecule has 3 unspecified atom stereocenters. The highest BCUT2D eigenvalue weighted by Crippen LogP contribution is 2.57. The largest absolute Gasteiger partial charge is 0.519 e.